The van der Waals surface area contributed by atoms with Crippen molar-refractivity contribution >= 4 is 11.6 Å². The second-order valence-corrected chi connectivity index (χ2v) is 5.53. The number of hydrogen-bond donors (Lipinski definition) is 1. The van der Waals surface area contributed by atoms with E-state index in [0.717, 1.165) is 42.9 Å². The highest BCUT2D eigenvalue weighted by Gasteiger charge is 2.15. The van der Waals surface area contributed by atoms with Gasteiger partial charge in [-0.15, -0.1) is 0 Å². The van der Waals surface area contributed by atoms with E-state index in [2.05, 4.69) is 6.07 Å². The summed E-state index contributed by atoms with van der Waals surface area (Å²) < 4.78 is 5.61. The summed E-state index contributed by atoms with van der Waals surface area (Å²) in [4.78, 5) is 0. The summed E-state index contributed by atoms with van der Waals surface area (Å²) in [7, 11) is 0. The van der Waals surface area contributed by atoms with Crippen LogP contribution in [0.4, 0.5) is 0 Å². The minimum absolute atomic E-state index is 0.200. The lowest BCUT2D eigenvalue weighted by atomic mass is 10.00. The average Bonchev–Trinajstić information content (AvgIpc) is 2.85. The Morgan fingerprint density at radius 1 is 1.39 bits per heavy atom. The van der Waals surface area contributed by atoms with E-state index in [1.165, 1.54) is 12.8 Å². The summed E-state index contributed by atoms with van der Waals surface area (Å²) in [5.74, 6) is 0. The van der Waals surface area contributed by atoms with Gasteiger partial charge in [0.2, 0.25) is 0 Å². The Morgan fingerprint density at radius 2 is 2.22 bits per heavy atom. The zero-order valence-electron chi connectivity index (χ0n) is 10.8. The maximum absolute atomic E-state index is 6.16. The molecule has 100 valence electrons. The summed E-state index contributed by atoms with van der Waals surface area (Å²) in [6.07, 6.45) is 7.14. The smallest absolute Gasteiger partial charge is 0.0576 e. The van der Waals surface area contributed by atoms with E-state index in [4.69, 9.17) is 22.1 Å². The van der Waals surface area contributed by atoms with Crippen LogP contribution in [-0.4, -0.2) is 18.8 Å². The molecule has 1 aliphatic rings. The first-order valence-electron chi connectivity index (χ1n) is 6.86. The van der Waals surface area contributed by atoms with Gasteiger partial charge < -0.3 is 10.5 Å². The maximum Gasteiger partial charge on any atom is 0.0576 e. The fourth-order valence-electron chi connectivity index (χ4n) is 2.53. The Kier molecular flexibility index (Phi) is 5.48. The molecule has 0 saturated carbocycles. The van der Waals surface area contributed by atoms with E-state index in [1.807, 2.05) is 18.2 Å². The Labute approximate surface area is 114 Å². The van der Waals surface area contributed by atoms with Crippen molar-refractivity contribution in [2.24, 2.45) is 5.73 Å². The Hall–Kier alpha value is -0.570. The number of benzene rings is 1. The Morgan fingerprint density at radius 3 is 2.94 bits per heavy atom. The standard InChI is InChI=1S/C15H22ClNO/c16-15-9-2-1-5-12(15)11-13(17)6-3-7-14-8-4-10-18-14/h1-2,5,9,13-14H,3-4,6-8,10-11,17H2. The van der Waals surface area contributed by atoms with Crippen LogP contribution in [0.15, 0.2) is 24.3 Å². The molecular weight excluding hydrogens is 246 g/mol. The Bertz CT molecular complexity index is 363. The highest BCUT2D eigenvalue weighted by Crippen LogP contribution is 2.20. The minimum atomic E-state index is 0.200. The van der Waals surface area contributed by atoms with Crippen LogP contribution in [0.25, 0.3) is 0 Å². The van der Waals surface area contributed by atoms with E-state index < -0.39 is 0 Å². The number of hydrogen-bond acceptors (Lipinski definition) is 2. The van der Waals surface area contributed by atoms with Gasteiger partial charge in [0.15, 0.2) is 0 Å². The van der Waals surface area contributed by atoms with Crippen molar-refractivity contribution in [3.05, 3.63) is 34.9 Å². The van der Waals surface area contributed by atoms with Crippen molar-refractivity contribution in [1.29, 1.82) is 0 Å². The van der Waals surface area contributed by atoms with Crippen LogP contribution >= 0.6 is 11.6 Å². The zero-order chi connectivity index (χ0) is 12.8. The highest BCUT2D eigenvalue weighted by molar-refractivity contribution is 6.31. The van der Waals surface area contributed by atoms with Crippen LogP contribution < -0.4 is 5.73 Å². The topological polar surface area (TPSA) is 35.2 Å². The third-order valence-corrected chi connectivity index (χ3v) is 3.93. The summed E-state index contributed by atoms with van der Waals surface area (Å²) in [6.45, 7) is 0.941. The van der Waals surface area contributed by atoms with Gasteiger partial charge in [-0.05, 0) is 50.2 Å². The monoisotopic (exact) mass is 267 g/mol. The van der Waals surface area contributed by atoms with Crippen LogP contribution in [0.3, 0.4) is 0 Å². The first-order valence-corrected chi connectivity index (χ1v) is 7.24. The third kappa shape index (κ3) is 4.27. The summed E-state index contributed by atoms with van der Waals surface area (Å²) >= 11 is 6.13. The summed E-state index contributed by atoms with van der Waals surface area (Å²) in [6, 6.07) is 8.15. The lowest BCUT2D eigenvalue weighted by Crippen LogP contribution is -2.23. The van der Waals surface area contributed by atoms with E-state index >= 15 is 0 Å². The predicted molar refractivity (Wildman–Crippen MR) is 76.0 cm³/mol. The van der Waals surface area contributed by atoms with Crippen molar-refractivity contribution in [3.8, 4) is 0 Å². The van der Waals surface area contributed by atoms with Crippen LogP contribution in [0.5, 0.6) is 0 Å². The molecule has 0 bridgehead atoms. The van der Waals surface area contributed by atoms with Gasteiger partial charge in [0.05, 0.1) is 6.10 Å². The molecule has 0 aliphatic carbocycles. The van der Waals surface area contributed by atoms with Crippen LogP contribution in [0.2, 0.25) is 5.02 Å². The fraction of sp³-hybridized carbons (Fsp3) is 0.600. The zero-order valence-corrected chi connectivity index (χ0v) is 11.5. The molecule has 2 unspecified atom stereocenters. The first-order chi connectivity index (χ1) is 8.75. The van der Waals surface area contributed by atoms with Gasteiger partial charge in [0.25, 0.3) is 0 Å². The van der Waals surface area contributed by atoms with Gasteiger partial charge in [-0.25, -0.2) is 0 Å². The highest BCUT2D eigenvalue weighted by atomic mass is 35.5. The SMILES string of the molecule is NC(CCCC1CCCO1)Cc1ccccc1Cl. The third-order valence-electron chi connectivity index (χ3n) is 3.56. The van der Waals surface area contributed by atoms with Crippen LogP contribution in [0, 0.1) is 0 Å². The summed E-state index contributed by atoms with van der Waals surface area (Å²) in [5.41, 5.74) is 7.32. The molecule has 2 nitrogen and oxygen atoms in total. The molecule has 1 aromatic rings. The molecule has 1 fully saturated rings. The molecule has 1 saturated heterocycles. The van der Waals surface area contributed by atoms with Crippen LogP contribution in [-0.2, 0) is 11.2 Å². The van der Waals surface area contributed by atoms with Gasteiger partial charge in [-0.3, -0.25) is 0 Å². The molecule has 2 rings (SSSR count). The van der Waals surface area contributed by atoms with Gasteiger partial charge in [-0.1, -0.05) is 29.8 Å². The molecule has 1 aliphatic heterocycles. The quantitative estimate of drug-likeness (QED) is 0.855. The normalized spacial score (nSPS) is 21.1. The summed E-state index contributed by atoms with van der Waals surface area (Å²) in [5, 5.41) is 0.826. The number of rotatable bonds is 6. The van der Waals surface area contributed by atoms with Gasteiger partial charge in [0, 0.05) is 17.7 Å². The first kappa shape index (κ1) is 13.9. The Balaban J connectivity index is 1.68. The van der Waals surface area contributed by atoms with Crippen molar-refractivity contribution in [2.75, 3.05) is 6.61 Å². The lowest BCUT2D eigenvalue weighted by Gasteiger charge is -2.14. The van der Waals surface area contributed by atoms with Gasteiger partial charge in [0.1, 0.15) is 0 Å². The van der Waals surface area contributed by atoms with Crippen molar-refractivity contribution in [1.82, 2.24) is 0 Å². The van der Waals surface area contributed by atoms with Gasteiger partial charge in [-0.2, -0.15) is 0 Å². The maximum atomic E-state index is 6.16. The molecule has 0 amide bonds. The molecule has 1 heterocycles. The molecule has 2 N–H and O–H groups in total. The lowest BCUT2D eigenvalue weighted by molar-refractivity contribution is 0.101. The number of nitrogens with two attached hydrogens (primary N) is 1. The molecule has 18 heavy (non-hydrogen) atoms. The van der Waals surface area contributed by atoms with E-state index in [1.54, 1.807) is 0 Å². The van der Waals surface area contributed by atoms with E-state index in [0.29, 0.717) is 6.10 Å². The molecule has 0 radical (unpaired) electrons. The second kappa shape index (κ2) is 7.13. The van der Waals surface area contributed by atoms with Gasteiger partial charge >= 0.3 is 0 Å². The molecular formula is C15H22ClNO. The van der Waals surface area contributed by atoms with Crippen LogP contribution in [0.1, 0.15) is 37.7 Å². The molecule has 2 atom stereocenters. The number of halogens is 1. The predicted octanol–water partition coefficient (Wildman–Crippen LogP) is 3.56. The molecule has 3 heteroatoms. The average molecular weight is 268 g/mol. The van der Waals surface area contributed by atoms with E-state index in [9.17, 15) is 0 Å². The molecule has 0 aromatic heterocycles. The van der Waals surface area contributed by atoms with Crippen molar-refractivity contribution in [3.63, 3.8) is 0 Å². The second-order valence-electron chi connectivity index (χ2n) is 5.12. The molecule has 1 aromatic carbocycles. The largest absolute Gasteiger partial charge is 0.378 e. The number of ether oxygens (including phenoxy) is 1. The van der Waals surface area contributed by atoms with E-state index in [-0.39, 0.29) is 6.04 Å². The molecule has 0 spiro atoms. The fourth-order valence-corrected chi connectivity index (χ4v) is 2.74. The van der Waals surface area contributed by atoms with Crippen molar-refractivity contribution in [2.45, 2.75) is 50.7 Å². The van der Waals surface area contributed by atoms with Crippen molar-refractivity contribution < 1.29 is 4.74 Å². The minimum Gasteiger partial charge on any atom is -0.378 e.